The predicted octanol–water partition coefficient (Wildman–Crippen LogP) is 1.71. The lowest BCUT2D eigenvalue weighted by atomic mass is 10.0. The zero-order valence-corrected chi connectivity index (χ0v) is 13.8. The van der Waals surface area contributed by atoms with Gasteiger partial charge < -0.3 is 5.32 Å². The van der Waals surface area contributed by atoms with Gasteiger partial charge in [0.05, 0.1) is 11.5 Å². The Morgan fingerprint density at radius 1 is 1.04 bits per heavy atom. The molecule has 0 amide bonds. The van der Waals surface area contributed by atoms with Crippen molar-refractivity contribution in [3.8, 4) is 0 Å². The minimum atomic E-state index is -2.85. The number of sulfone groups is 1. The fraction of sp³-hybridized carbons (Fsp3) is 0.625. The molecule has 2 heterocycles. The summed E-state index contributed by atoms with van der Waals surface area (Å²) >= 11 is 0. The van der Waals surface area contributed by atoms with E-state index in [9.17, 15) is 17.2 Å². The van der Waals surface area contributed by atoms with Crippen molar-refractivity contribution in [2.75, 3.05) is 24.6 Å². The summed E-state index contributed by atoms with van der Waals surface area (Å²) in [5.41, 5.74) is 0.649. The van der Waals surface area contributed by atoms with E-state index in [0.717, 1.165) is 32.0 Å². The van der Waals surface area contributed by atoms with E-state index in [-0.39, 0.29) is 17.5 Å². The van der Waals surface area contributed by atoms with Gasteiger partial charge in [-0.05, 0) is 50.0 Å². The van der Waals surface area contributed by atoms with E-state index in [1.54, 1.807) is 0 Å². The SMILES string of the molecule is O=S1(=O)CCC(NC2CCN(Cc3cc(F)cc(F)c3)CC2)C1. The third kappa shape index (κ3) is 4.71. The minimum absolute atomic E-state index is 0.0777. The Hall–Kier alpha value is -1.05. The van der Waals surface area contributed by atoms with E-state index in [0.29, 0.717) is 24.6 Å². The quantitative estimate of drug-likeness (QED) is 0.903. The molecular formula is C16H22F2N2O2S. The maximum atomic E-state index is 13.2. The summed E-state index contributed by atoms with van der Waals surface area (Å²) in [6.07, 6.45) is 2.55. The number of piperidine rings is 1. The van der Waals surface area contributed by atoms with Crippen LogP contribution in [-0.4, -0.2) is 50.0 Å². The zero-order valence-electron chi connectivity index (χ0n) is 13.0. The Labute approximate surface area is 135 Å². The van der Waals surface area contributed by atoms with Crippen LogP contribution in [0.25, 0.3) is 0 Å². The van der Waals surface area contributed by atoms with Crippen molar-refractivity contribution in [3.05, 3.63) is 35.4 Å². The lowest BCUT2D eigenvalue weighted by Crippen LogP contribution is -2.46. The molecule has 128 valence electrons. The highest BCUT2D eigenvalue weighted by Crippen LogP contribution is 2.18. The fourth-order valence-corrected chi connectivity index (χ4v) is 5.16. The summed E-state index contributed by atoms with van der Waals surface area (Å²) in [5, 5.41) is 3.45. The Kier molecular flexibility index (Phi) is 4.98. The van der Waals surface area contributed by atoms with E-state index in [4.69, 9.17) is 0 Å². The fourth-order valence-electron chi connectivity index (χ4n) is 3.48. The van der Waals surface area contributed by atoms with Crippen LogP contribution in [0.2, 0.25) is 0 Å². The number of hydrogen-bond donors (Lipinski definition) is 1. The first kappa shape index (κ1) is 16.8. The summed E-state index contributed by atoms with van der Waals surface area (Å²) < 4.78 is 49.4. The van der Waals surface area contributed by atoms with Crippen molar-refractivity contribution in [1.29, 1.82) is 0 Å². The molecule has 2 fully saturated rings. The Balaban J connectivity index is 1.47. The molecule has 1 atom stereocenters. The molecule has 7 heteroatoms. The van der Waals surface area contributed by atoms with Gasteiger partial charge in [-0.25, -0.2) is 17.2 Å². The second-order valence-corrected chi connectivity index (χ2v) is 8.82. The highest BCUT2D eigenvalue weighted by Gasteiger charge is 2.30. The molecule has 2 aliphatic heterocycles. The van der Waals surface area contributed by atoms with Crippen LogP contribution in [0.15, 0.2) is 18.2 Å². The number of likely N-dealkylation sites (tertiary alicyclic amines) is 1. The molecule has 0 spiro atoms. The minimum Gasteiger partial charge on any atom is -0.310 e. The monoisotopic (exact) mass is 344 g/mol. The van der Waals surface area contributed by atoms with Crippen molar-refractivity contribution in [3.63, 3.8) is 0 Å². The molecule has 1 unspecified atom stereocenters. The van der Waals surface area contributed by atoms with Crippen molar-refractivity contribution in [1.82, 2.24) is 10.2 Å². The van der Waals surface area contributed by atoms with Crippen LogP contribution in [0.3, 0.4) is 0 Å². The number of halogens is 2. The molecule has 2 saturated heterocycles. The normalized spacial score (nSPS) is 25.7. The van der Waals surface area contributed by atoms with E-state index >= 15 is 0 Å². The third-order valence-corrected chi connectivity index (χ3v) is 6.39. The molecule has 0 radical (unpaired) electrons. The van der Waals surface area contributed by atoms with Gasteiger partial charge in [-0.1, -0.05) is 0 Å². The van der Waals surface area contributed by atoms with Crippen molar-refractivity contribution in [2.24, 2.45) is 0 Å². The van der Waals surface area contributed by atoms with Crippen LogP contribution in [0, 0.1) is 11.6 Å². The number of nitrogens with zero attached hydrogens (tertiary/aromatic N) is 1. The summed E-state index contributed by atoms with van der Waals surface area (Å²) in [4.78, 5) is 2.18. The molecule has 23 heavy (non-hydrogen) atoms. The van der Waals surface area contributed by atoms with Crippen LogP contribution in [0.4, 0.5) is 8.78 Å². The Morgan fingerprint density at radius 3 is 2.26 bits per heavy atom. The van der Waals surface area contributed by atoms with Gasteiger partial charge in [-0.15, -0.1) is 0 Å². The first-order valence-electron chi connectivity index (χ1n) is 8.03. The number of hydrogen-bond acceptors (Lipinski definition) is 4. The maximum absolute atomic E-state index is 13.2. The molecule has 0 saturated carbocycles. The van der Waals surface area contributed by atoms with E-state index in [1.807, 2.05) is 0 Å². The third-order valence-electron chi connectivity index (χ3n) is 4.62. The van der Waals surface area contributed by atoms with Crippen LogP contribution in [-0.2, 0) is 16.4 Å². The molecule has 0 aliphatic carbocycles. The van der Waals surface area contributed by atoms with Gasteiger partial charge in [0.2, 0.25) is 0 Å². The van der Waals surface area contributed by atoms with Crippen LogP contribution in [0.5, 0.6) is 0 Å². The van der Waals surface area contributed by atoms with Gasteiger partial charge in [0.1, 0.15) is 11.6 Å². The van der Waals surface area contributed by atoms with Gasteiger partial charge in [-0.3, -0.25) is 4.90 Å². The molecular weight excluding hydrogens is 322 g/mol. The van der Waals surface area contributed by atoms with Crippen molar-refractivity contribution < 1.29 is 17.2 Å². The summed E-state index contributed by atoms with van der Waals surface area (Å²) in [5.74, 6) is -0.553. The average Bonchev–Trinajstić information content (AvgIpc) is 2.79. The predicted molar refractivity (Wildman–Crippen MR) is 84.9 cm³/mol. The molecule has 4 nitrogen and oxygen atoms in total. The smallest absolute Gasteiger partial charge is 0.151 e. The number of nitrogens with one attached hydrogen (secondary N) is 1. The standard InChI is InChI=1S/C16H22F2N2O2S/c17-13-7-12(8-14(18)9-13)10-20-4-1-15(2-5-20)19-16-3-6-23(21,22)11-16/h7-9,15-16,19H,1-6,10-11H2. The Morgan fingerprint density at radius 2 is 1.70 bits per heavy atom. The first-order valence-corrected chi connectivity index (χ1v) is 9.85. The molecule has 1 N–H and O–H groups in total. The largest absolute Gasteiger partial charge is 0.310 e. The second kappa shape index (κ2) is 6.83. The molecule has 0 bridgehead atoms. The van der Waals surface area contributed by atoms with Crippen molar-refractivity contribution in [2.45, 2.75) is 37.9 Å². The van der Waals surface area contributed by atoms with Crippen LogP contribution < -0.4 is 5.32 Å². The lowest BCUT2D eigenvalue weighted by molar-refractivity contribution is 0.185. The summed E-state index contributed by atoms with van der Waals surface area (Å²) in [6.45, 7) is 2.23. The maximum Gasteiger partial charge on any atom is 0.151 e. The molecule has 0 aromatic heterocycles. The van der Waals surface area contributed by atoms with Crippen LogP contribution in [0.1, 0.15) is 24.8 Å². The lowest BCUT2D eigenvalue weighted by Gasteiger charge is -2.33. The average molecular weight is 344 g/mol. The van der Waals surface area contributed by atoms with Gasteiger partial charge in [0.25, 0.3) is 0 Å². The molecule has 1 aromatic rings. The van der Waals surface area contributed by atoms with Crippen LogP contribution >= 0.6 is 0 Å². The number of rotatable bonds is 4. The van der Waals surface area contributed by atoms with Gasteiger partial charge in [0.15, 0.2) is 9.84 Å². The zero-order chi connectivity index (χ0) is 16.4. The highest BCUT2D eigenvalue weighted by molar-refractivity contribution is 7.91. The first-order chi connectivity index (χ1) is 10.9. The van der Waals surface area contributed by atoms with E-state index in [2.05, 4.69) is 10.2 Å². The highest BCUT2D eigenvalue weighted by atomic mass is 32.2. The van der Waals surface area contributed by atoms with Gasteiger partial charge in [-0.2, -0.15) is 0 Å². The molecule has 1 aromatic carbocycles. The molecule has 3 rings (SSSR count). The van der Waals surface area contributed by atoms with E-state index < -0.39 is 21.5 Å². The van der Waals surface area contributed by atoms with E-state index in [1.165, 1.54) is 12.1 Å². The van der Waals surface area contributed by atoms with Gasteiger partial charge >= 0.3 is 0 Å². The Bertz CT molecular complexity index is 638. The van der Waals surface area contributed by atoms with Crippen molar-refractivity contribution >= 4 is 9.84 Å². The molecule has 2 aliphatic rings. The van der Waals surface area contributed by atoms with Gasteiger partial charge in [0, 0.05) is 24.7 Å². The summed E-state index contributed by atoms with van der Waals surface area (Å²) in [7, 11) is -2.85. The topological polar surface area (TPSA) is 49.4 Å². The second-order valence-electron chi connectivity index (χ2n) is 6.59. The number of benzene rings is 1. The summed E-state index contributed by atoms with van der Waals surface area (Å²) in [6, 6.07) is 4.03.